The van der Waals surface area contributed by atoms with Crippen LogP contribution in [-0.4, -0.2) is 13.4 Å². The first kappa shape index (κ1) is 13.8. The van der Waals surface area contributed by atoms with E-state index in [1.807, 2.05) is 0 Å². The van der Waals surface area contributed by atoms with Gasteiger partial charge in [0.15, 0.2) is 5.82 Å². The predicted molar refractivity (Wildman–Crippen MR) is 71.2 cm³/mol. The lowest BCUT2D eigenvalue weighted by atomic mass is 10.3. The van der Waals surface area contributed by atoms with E-state index in [0.717, 1.165) is 6.07 Å². The van der Waals surface area contributed by atoms with Gasteiger partial charge in [-0.1, -0.05) is 17.7 Å². The van der Waals surface area contributed by atoms with Gasteiger partial charge in [-0.15, -0.1) is 0 Å². The van der Waals surface area contributed by atoms with Gasteiger partial charge >= 0.3 is 0 Å². The minimum Gasteiger partial charge on any atom is -0.278 e. The molecule has 0 unspecified atom stereocenters. The summed E-state index contributed by atoms with van der Waals surface area (Å²) in [5.74, 6) is -0.974. The van der Waals surface area contributed by atoms with Crippen LogP contribution < -0.4 is 4.72 Å². The largest absolute Gasteiger partial charge is 0.278 e. The molecule has 100 valence electrons. The van der Waals surface area contributed by atoms with Crippen molar-refractivity contribution in [2.24, 2.45) is 0 Å². The molecular formula is C12H10ClFN2O2S. The zero-order valence-corrected chi connectivity index (χ0v) is 11.5. The maximum absolute atomic E-state index is 13.7. The van der Waals surface area contributed by atoms with Crippen LogP contribution in [0.15, 0.2) is 41.6 Å². The molecule has 0 aliphatic rings. The number of hydrogen-bond donors (Lipinski definition) is 1. The van der Waals surface area contributed by atoms with Crippen molar-refractivity contribution in [2.45, 2.75) is 11.8 Å². The summed E-state index contributed by atoms with van der Waals surface area (Å²) in [5, 5.41) is -0.245. The van der Waals surface area contributed by atoms with E-state index in [1.54, 1.807) is 13.0 Å². The molecule has 0 radical (unpaired) electrons. The Hall–Kier alpha value is -1.66. The third-order valence-corrected chi connectivity index (χ3v) is 4.16. The maximum Gasteiger partial charge on any atom is 0.264 e. The van der Waals surface area contributed by atoms with Gasteiger partial charge in [-0.25, -0.2) is 12.8 Å². The van der Waals surface area contributed by atoms with Crippen molar-refractivity contribution in [3.63, 3.8) is 0 Å². The van der Waals surface area contributed by atoms with Gasteiger partial charge in [0.05, 0.1) is 16.9 Å². The Kier molecular flexibility index (Phi) is 3.73. The van der Waals surface area contributed by atoms with E-state index in [-0.39, 0.29) is 5.02 Å². The van der Waals surface area contributed by atoms with Crippen LogP contribution in [0.3, 0.4) is 0 Å². The summed E-state index contributed by atoms with van der Waals surface area (Å²) in [7, 11) is -4.04. The molecule has 0 amide bonds. The summed E-state index contributed by atoms with van der Waals surface area (Å²) < 4.78 is 40.2. The Morgan fingerprint density at radius 1 is 1.32 bits per heavy atom. The Labute approximate surface area is 115 Å². The summed E-state index contributed by atoms with van der Waals surface area (Å²) in [6, 6.07) is 5.45. The standard InChI is InChI=1S/C12H10ClFN2O2S/c1-8-5-6-15-7-10(8)16-19(17,18)11-4-2-3-9(13)12(11)14/h2-7,16H,1H3. The molecule has 2 rings (SSSR count). The van der Waals surface area contributed by atoms with Crippen LogP contribution >= 0.6 is 11.6 Å². The molecule has 1 aromatic heterocycles. The van der Waals surface area contributed by atoms with Gasteiger partial charge in [-0.3, -0.25) is 9.71 Å². The highest BCUT2D eigenvalue weighted by Gasteiger charge is 2.21. The van der Waals surface area contributed by atoms with Crippen molar-refractivity contribution in [3.8, 4) is 0 Å². The second kappa shape index (κ2) is 5.14. The number of nitrogens with zero attached hydrogens (tertiary/aromatic N) is 1. The fraction of sp³-hybridized carbons (Fsp3) is 0.0833. The quantitative estimate of drug-likeness (QED) is 0.948. The Morgan fingerprint density at radius 3 is 2.74 bits per heavy atom. The second-order valence-electron chi connectivity index (χ2n) is 3.85. The molecule has 0 aliphatic heterocycles. The molecule has 2 aromatic rings. The monoisotopic (exact) mass is 300 g/mol. The summed E-state index contributed by atoms with van der Waals surface area (Å²) >= 11 is 5.57. The first-order valence-corrected chi connectivity index (χ1v) is 7.15. The van der Waals surface area contributed by atoms with E-state index in [4.69, 9.17) is 11.6 Å². The number of rotatable bonds is 3. The number of anilines is 1. The number of pyridine rings is 1. The van der Waals surface area contributed by atoms with Crippen LogP contribution in [-0.2, 0) is 10.0 Å². The van der Waals surface area contributed by atoms with Gasteiger partial charge < -0.3 is 0 Å². The van der Waals surface area contributed by atoms with Gasteiger partial charge in [0.25, 0.3) is 10.0 Å². The minimum atomic E-state index is -4.04. The van der Waals surface area contributed by atoms with Crippen molar-refractivity contribution < 1.29 is 12.8 Å². The van der Waals surface area contributed by atoms with Crippen molar-refractivity contribution in [1.29, 1.82) is 0 Å². The number of aryl methyl sites for hydroxylation is 1. The molecule has 0 atom stereocenters. The minimum absolute atomic E-state index is 0.245. The normalized spacial score (nSPS) is 11.3. The highest BCUT2D eigenvalue weighted by atomic mass is 35.5. The van der Waals surface area contributed by atoms with Crippen molar-refractivity contribution >= 4 is 27.3 Å². The first-order chi connectivity index (χ1) is 8.92. The van der Waals surface area contributed by atoms with Crippen molar-refractivity contribution in [2.75, 3.05) is 4.72 Å². The highest BCUT2D eigenvalue weighted by Crippen LogP contribution is 2.24. The van der Waals surface area contributed by atoms with Crippen molar-refractivity contribution in [3.05, 3.63) is 53.1 Å². The second-order valence-corrected chi connectivity index (χ2v) is 5.91. The molecule has 7 heteroatoms. The molecule has 4 nitrogen and oxygen atoms in total. The SMILES string of the molecule is Cc1ccncc1NS(=O)(=O)c1cccc(Cl)c1F. The summed E-state index contributed by atoms with van der Waals surface area (Å²) in [5.41, 5.74) is 0.975. The van der Waals surface area contributed by atoms with Crippen LogP contribution in [0.5, 0.6) is 0 Å². The lowest BCUT2D eigenvalue weighted by Crippen LogP contribution is -2.15. The molecule has 1 aromatic carbocycles. The van der Waals surface area contributed by atoms with Crippen LogP contribution in [0, 0.1) is 12.7 Å². The number of benzene rings is 1. The summed E-state index contributed by atoms with van der Waals surface area (Å²) in [6.07, 6.45) is 2.89. The molecule has 1 heterocycles. The highest BCUT2D eigenvalue weighted by molar-refractivity contribution is 7.92. The fourth-order valence-corrected chi connectivity index (χ4v) is 2.91. The van der Waals surface area contributed by atoms with Crippen molar-refractivity contribution in [1.82, 2.24) is 4.98 Å². The van der Waals surface area contributed by atoms with Gasteiger partial charge in [0.1, 0.15) is 4.90 Å². The van der Waals surface area contributed by atoms with Crippen LogP contribution in [0.4, 0.5) is 10.1 Å². The number of aromatic nitrogens is 1. The molecule has 0 fully saturated rings. The third-order valence-electron chi connectivity index (χ3n) is 2.49. The molecule has 0 bridgehead atoms. The van der Waals surface area contributed by atoms with Gasteiger partial charge in [-0.2, -0.15) is 0 Å². The maximum atomic E-state index is 13.7. The van der Waals surface area contributed by atoms with Gasteiger partial charge in [0.2, 0.25) is 0 Å². The molecular weight excluding hydrogens is 291 g/mol. The zero-order valence-electron chi connectivity index (χ0n) is 9.89. The topological polar surface area (TPSA) is 59.1 Å². The molecule has 0 saturated heterocycles. The summed E-state index contributed by atoms with van der Waals surface area (Å²) in [4.78, 5) is 3.32. The van der Waals surface area contributed by atoms with E-state index in [2.05, 4.69) is 9.71 Å². The fourth-order valence-electron chi connectivity index (χ4n) is 1.46. The summed E-state index contributed by atoms with van der Waals surface area (Å²) in [6.45, 7) is 1.72. The average Bonchev–Trinajstić information content (AvgIpc) is 2.35. The molecule has 19 heavy (non-hydrogen) atoms. The number of nitrogens with one attached hydrogen (secondary N) is 1. The number of hydrogen-bond acceptors (Lipinski definition) is 3. The van der Waals surface area contributed by atoms with E-state index >= 15 is 0 Å². The van der Waals surface area contributed by atoms with E-state index in [9.17, 15) is 12.8 Å². The van der Waals surface area contributed by atoms with E-state index in [0.29, 0.717) is 11.3 Å². The number of halogens is 2. The van der Waals surface area contributed by atoms with Crippen LogP contribution in [0.1, 0.15) is 5.56 Å². The van der Waals surface area contributed by atoms with E-state index in [1.165, 1.54) is 24.5 Å². The zero-order chi connectivity index (χ0) is 14.0. The average molecular weight is 301 g/mol. The molecule has 1 N–H and O–H groups in total. The molecule has 0 spiro atoms. The predicted octanol–water partition coefficient (Wildman–Crippen LogP) is 2.98. The Balaban J connectivity index is 2.44. The van der Waals surface area contributed by atoms with Gasteiger partial charge in [0, 0.05) is 6.20 Å². The lowest BCUT2D eigenvalue weighted by molar-refractivity contribution is 0.570. The lowest BCUT2D eigenvalue weighted by Gasteiger charge is -2.10. The molecule has 0 aliphatic carbocycles. The number of sulfonamides is 1. The smallest absolute Gasteiger partial charge is 0.264 e. The van der Waals surface area contributed by atoms with Gasteiger partial charge in [-0.05, 0) is 30.7 Å². The van der Waals surface area contributed by atoms with E-state index < -0.39 is 20.7 Å². The van der Waals surface area contributed by atoms with Crippen LogP contribution in [0.25, 0.3) is 0 Å². The Morgan fingerprint density at radius 2 is 2.05 bits per heavy atom. The Bertz CT molecular complexity index is 719. The molecule has 0 saturated carbocycles. The van der Waals surface area contributed by atoms with Crippen LogP contribution in [0.2, 0.25) is 5.02 Å². The first-order valence-electron chi connectivity index (χ1n) is 5.29. The third kappa shape index (κ3) is 2.85.